The summed E-state index contributed by atoms with van der Waals surface area (Å²) in [6.07, 6.45) is 6.87. The Morgan fingerprint density at radius 1 is 1.06 bits per heavy atom. The van der Waals surface area contributed by atoms with Gasteiger partial charge >= 0.3 is 11.9 Å². The van der Waals surface area contributed by atoms with Crippen LogP contribution >= 0.6 is 0 Å². The van der Waals surface area contributed by atoms with Gasteiger partial charge < -0.3 is 30.5 Å². The molecule has 0 aliphatic heterocycles. The highest BCUT2D eigenvalue weighted by atomic mass is 16.5. The third kappa shape index (κ3) is 9.35. The van der Waals surface area contributed by atoms with E-state index in [1.165, 1.54) is 32.1 Å². The summed E-state index contributed by atoms with van der Waals surface area (Å²) >= 11 is 0. The molecule has 0 spiro atoms. The number of aliphatic carboxylic acids is 2. The van der Waals surface area contributed by atoms with Crippen LogP contribution in [0.5, 0.6) is 5.75 Å². The number of benzene rings is 1. The van der Waals surface area contributed by atoms with Crippen LogP contribution in [-0.2, 0) is 14.4 Å². The van der Waals surface area contributed by atoms with Crippen molar-refractivity contribution in [2.45, 2.75) is 57.0 Å². The van der Waals surface area contributed by atoms with Crippen molar-refractivity contribution in [1.29, 1.82) is 0 Å². The Morgan fingerprint density at radius 2 is 1.61 bits per heavy atom. The monoisotopic (exact) mass is 437 g/mol. The van der Waals surface area contributed by atoms with Gasteiger partial charge in [0.2, 0.25) is 5.91 Å². The van der Waals surface area contributed by atoms with Crippen LogP contribution in [0.25, 0.3) is 0 Å². The van der Waals surface area contributed by atoms with Crippen LogP contribution in [0, 0.1) is 0 Å². The van der Waals surface area contributed by atoms with Gasteiger partial charge in [0.15, 0.2) is 0 Å². The van der Waals surface area contributed by atoms with Gasteiger partial charge in [0, 0.05) is 30.2 Å². The highest BCUT2D eigenvalue weighted by molar-refractivity contribution is 6.27. The molecule has 4 N–H and O–H groups in total. The molecule has 9 nitrogen and oxygen atoms in total. The van der Waals surface area contributed by atoms with Crippen LogP contribution in [0.4, 0.5) is 5.69 Å². The number of methoxy groups -OCH3 is 1. The first-order valence-corrected chi connectivity index (χ1v) is 10.4. The van der Waals surface area contributed by atoms with E-state index in [1.807, 2.05) is 24.3 Å². The second kappa shape index (κ2) is 12.9. The molecule has 1 fully saturated rings. The van der Waals surface area contributed by atoms with Crippen molar-refractivity contribution in [1.82, 2.24) is 10.2 Å². The fourth-order valence-electron chi connectivity index (χ4n) is 3.59. The Bertz CT molecular complexity index is 702. The molecule has 0 radical (unpaired) electrons. The van der Waals surface area contributed by atoms with Crippen LogP contribution in [0.1, 0.15) is 45.4 Å². The summed E-state index contributed by atoms with van der Waals surface area (Å²) in [4.78, 5) is 32.8. The van der Waals surface area contributed by atoms with Crippen molar-refractivity contribution in [3.8, 4) is 5.75 Å². The van der Waals surface area contributed by atoms with Crippen LogP contribution in [-0.4, -0.2) is 72.3 Å². The topological polar surface area (TPSA) is 128 Å². The van der Waals surface area contributed by atoms with Gasteiger partial charge in [0.1, 0.15) is 5.75 Å². The number of nitrogens with zero attached hydrogens (tertiary/aromatic N) is 1. The highest BCUT2D eigenvalue weighted by Gasteiger charge is 2.34. The molecule has 1 aliphatic carbocycles. The van der Waals surface area contributed by atoms with Gasteiger partial charge in [-0.1, -0.05) is 19.3 Å². The number of hydrogen-bond donors (Lipinski definition) is 4. The fraction of sp³-hybridized carbons (Fsp3) is 0.591. The summed E-state index contributed by atoms with van der Waals surface area (Å²) in [5, 5.41) is 21.3. The maximum Gasteiger partial charge on any atom is 0.414 e. The van der Waals surface area contributed by atoms with Gasteiger partial charge in [-0.15, -0.1) is 0 Å². The van der Waals surface area contributed by atoms with Crippen molar-refractivity contribution in [2.24, 2.45) is 0 Å². The number of nitrogens with one attached hydrogen (secondary N) is 2. The lowest BCUT2D eigenvalue weighted by molar-refractivity contribution is -0.159. The van der Waals surface area contributed by atoms with Crippen molar-refractivity contribution in [3.63, 3.8) is 0 Å². The van der Waals surface area contributed by atoms with E-state index in [9.17, 15) is 4.79 Å². The summed E-state index contributed by atoms with van der Waals surface area (Å²) in [6, 6.07) is 7.56. The number of carbonyl (C=O) groups excluding carboxylic acids is 1. The third-order valence-corrected chi connectivity index (χ3v) is 5.56. The molecule has 1 unspecified atom stereocenters. The normalized spacial score (nSPS) is 15.9. The van der Waals surface area contributed by atoms with E-state index in [-0.39, 0.29) is 17.5 Å². The van der Waals surface area contributed by atoms with Gasteiger partial charge in [-0.05, 0) is 58.1 Å². The second-order valence-electron chi connectivity index (χ2n) is 8.05. The molecule has 9 heteroatoms. The predicted molar refractivity (Wildman–Crippen MR) is 118 cm³/mol. The smallest absolute Gasteiger partial charge is 0.414 e. The quantitative estimate of drug-likeness (QED) is 0.457. The molecule has 1 atom stereocenters. The molecule has 1 aromatic rings. The molecule has 1 saturated carbocycles. The fourth-order valence-corrected chi connectivity index (χ4v) is 3.59. The molecular weight excluding hydrogens is 402 g/mol. The number of anilines is 1. The number of amides is 1. The van der Waals surface area contributed by atoms with Crippen LogP contribution in [0.2, 0.25) is 0 Å². The molecule has 0 saturated heterocycles. The van der Waals surface area contributed by atoms with Gasteiger partial charge in [0.25, 0.3) is 0 Å². The van der Waals surface area contributed by atoms with Crippen molar-refractivity contribution >= 4 is 23.5 Å². The third-order valence-electron chi connectivity index (χ3n) is 5.56. The molecular formula is C22H35N3O6. The standard InChI is InChI=1S/C20H33N3O2.C2H2O4/c1-16(21-15-20(23(2)3)12-6-5-7-13-20)14-19(24)22-17-8-10-18(25-4)11-9-17;3-1(4)2(5)6/h8-11,16,21H,5-7,12-15H2,1-4H3,(H,22,24);(H,3,4)(H,5,6). The largest absolute Gasteiger partial charge is 0.497 e. The highest BCUT2D eigenvalue weighted by Crippen LogP contribution is 2.31. The van der Waals surface area contributed by atoms with E-state index in [2.05, 4.69) is 36.6 Å². The zero-order chi connectivity index (χ0) is 23.4. The van der Waals surface area contributed by atoms with E-state index in [0.717, 1.165) is 18.0 Å². The van der Waals surface area contributed by atoms with E-state index in [0.29, 0.717) is 6.42 Å². The second-order valence-corrected chi connectivity index (χ2v) is 8.05. The molecule has 2 rings (SSSR count). The number of rotatable bonds is 8. The summed E-state index contributed by atoms with van der Waals surface area (Å²) in [5.74, 6) is -2.83. The van der Waals surface area contributed by atoms with Crippen molar-refractivity contribution < 1.29 is 29.3 Å². The van der Waals surface area contributed by atoms with E-state index >= 15 is 0 Å². The number of carboxylic acids is 2. The molecule has 0 bridgehead atoms. The first kappa shape index (κ1) is 26.4. The maximum absolute atomic E-state index is 12.2. The zero-order valence-corrected chi connectivity index (χ0v) is 18.8. The van der Waals surface area contributed by atoms with E-state index in [1.54, 1.807) is 7.11 Å². The molecule has 1 amide bonds. The lowest BCUT2D eigenvalue weighted by atomic mass is 9.80. The molecule has 174 valence electrons. The Labute approximate surface area is 183 Å². The van der Waals surface area contributed by atoms with Gasteiger partial charge in [-0.25, -0.2) is 9.59 Å². The minimum absolute atomic E-state index is 0.0349. The first-order valence-electron chi connectivity index (χ1n) is 10.4. The van der Waals surface area contributed by atoms with Crippen molar-refractivity contribution in [3.05, 3.63) is 24.3 Å². The Balaban J connectivity index is 0.000000703. The van der Waals surface area contributed by atoms with Gasteiger partial charge in [-0.3, -0.25) is 4.79 Å². The molecule has 1 aromatic carbocycles. The number of carbonyl (C=O) groups is 3. The van der Waals surface area contributed by atoms with Crippen LogP contribution < -0.4 is 15.4 Å². The number of hydrogen-bond acceptors (Lipinski definition) is 6. The van der Waals surface area contributed by atoms with Crippen LogP contribution in [0.15, 0.2) is 24.3 Å². The lowest BCUT2D eigenvalue weighted by Crippen LogP contribution is -2.54. The average molecular weight is 438 g/mol. The minimum atomic E-state index is -1.82. The minimum Gasteiger partial charge on any atom is -0.497 e. The summed E-state index contributed by atoms with van der Waals surface area (Å²) in [7, 11) is 5.98. The predicted octanol–water partition coefficient (Wildman–Crippen LogP) is 2.42. The number of ether oxygens (including phenoxy) is 1. The van der Waals surface area contributed by atoms with E-state index in [4.69, 9.17) is 24.5 Å². The lowest BCUT2D eigenvalue weighted by Gasteiger charge is -2.44. The summed E-state index contributed by atoms with van der Waals surface area (Å²) in [5.41, 5.74) is 1.04. The van der Waals surface area contributed by atoms with E-state index < -0.39 is 11.9 Å². The SMILES string of the molecule is COc1ccc(NC(=O)CC(C)NCC2(N(C)C)CCCCC2)cc1.O=C(O)C(=O)O. The maximum atomic E-state index is 12.2. The average Bonchev–Trinajstić information content (AvgIpc) is 2.73. The van der Waals surface area contributed by atoms with Crippen LogP contribution in [0.3, 0.4) is 0 Å². The molecule has 1 aliphatic rings. The van der Waals surface area contributed by atoms with Crippen molar-refractivity contribution in [2.75, 3.05) is 33.1 Å². The first-order chi connectivity index (χ1) is 14.6. The molecule has 0 aromatic heterocycles. The summed E-state index contributed by atoms with van der Waals surface area (Å²) < 4.78 is 5.13. The number of carboxylic acid groups (broad SMARTS) is 2. The Hall–Kier alpha value is -2.65. The Kier molecular flexibility index (Phi) is 11.0. The Morgan fingerprint density at radius 3 is 2.06 bits per heavy atom. The van der Waals surface area contributed by atoms with Gasteiger partial charge in [-0.2, -0.15) is 0 Å². The number of likely N-dealkylation sites (N-methyl/N-ethyl adjacent to an activating group) is 1. The van der Waals surface area contributed by atoms with Gasteiger partial charge in [0.05, 0.1) is 7.11 Å². The molecule has 31 heavy (non-hydrogen) atoms. The molecule has 0 heterocycles. The zero-order valence-electron chi connectivity index (χ0n) is 18.8. The summed E-state index contributed by atoms with van der Waals surface area (Å²) in [6.45, 7) is 3.02.